The molecule has 9 rings (SSSR count). The Morgan fingerprint density at radius 3 is 1.28 bits per heavy atom. The molecule has 0 fully saturated rings. The molecule has 57 heavy (non-hydrogen) atoms. The predicted molar refractivity (Wildman–Crippen MR) is 229 cm³/mol. The molecule has 278 valence electrons. The third kappa shape index (κ3) is 6.79. The van der Waals surface area contributed by atoms with Crippen LogP contribution in [0.5, 0.6) is 0 Å². The van der Waals surface area contributed by atoms with Gasteiger partial charge in [0.25, 0.3) is 0 Å². The Morgan fingerprint density at radius 2 is 0.895 bits per heavy atom. The van der Waals surface area contributed by atoms with Crippen molar-refractivity contribution < 1.29 is 8.78 Å². The minimum absolute atomic E-state index is 0.382. The Bertz CT molecular complexity index is 2610. The van der Waals surface area contributed by atoms with E-state index in [1.54, 1.807) is 49.1 Å². The fourth-order valence-electron chi connectivity index (χ4n) is 7.36. The SMILES string of the molecule is Cn1c(-c2ccccc2)ccc1N(c1cccnc1)c1ccc(-c2ccc(-c3ccc(N(c4cccnc4)c4ccc(-c5ccccc5)n4C)cc3F)s2)c(F)c1. The van der Waals surface area contributed by atoms with Gasteiger partial charge in [0.15, 0.2) is 0 Å². The van der Waals surface area contributed by atoms with Crippen LogP contribution in [-0.4, -0.2) is 19.1 Å². The molecule has 0 N–H and O–H groups in total. The lowest BCUT2D eigenvalue weighted by Gasteiger charge is -2.26. The highest BCUT2D eigenvalue weighted by molar-refractivity contribution is 7.18. The van der Waals surface area contributed by atoms with E-state index < -0.39 is 0 Å². The van der Waals surface area contributed by atoms with Crippen molar-refractivity contribution in [3.8, 4) is 43.4 Å². The van der Waals surface area contributed by atoms with Crippen molar-refractivity contribution in [2.75, 3.05) is 9.80 Å². The van der Waals surface area contributed by atoms with Gasteiger partial charge in [0.05, 0.1) is 35.1 Å². The number of nitrogens with zero attached hydrogens (tertiary/aromatic N) is 6. The number of pyridine rings is 2. The van der Waals surface area contributed by atoms with E-state index in [1.165, 1.54) is 11.3 Å². The maximum Gasteiger partial charge on any atom is 0.133 e. The standard InChI is InChI=1S/C48H36F2N6S/c1-53-43(33-11-5-3-6-12-33)21-25-47(53)55(37-15-9-27-51-31-37)35-17-19-39(41(49)29-35)45-23-24-46(57-45)40-20-18-36(30-42(40)50)56(38-16-10-28-52-32-38)48-26-22-44(54(48)2)34-13-7-4-8-14-34/h3-32H,1-2H3. The number of hydrogen-bond acceptors (Lipinski definition) is 5. The van der Waals surface area contributed by atoms with E-state index in [1.807, 2.05) is 121 Å². The second kappa shape index (κ2) is 15.2. The van der Waals surface area contributed by atoms with E-state index >= 15 is 8.78 Å². The van der Waals surface area contributed by atoms with Gasteiger partial charge in [-0.25, -0.2) is 8.78 Å². The van der Waals surface area contributed by atoms with Gasteiger partial charge >= 0.3 is 0 Å². The van der Waals surface area contributed by atoms with Gasteiger partial charge < -0.3 is 9.13 Å². The Morgan fingerprint density at radius 1 is 0.456 bits per heavy atom. The molecule has 0 aliphatic carbocycles. The molecule has 0 aliphatic heterocycles. The topological polar surface area (TPSA) is 42.1 Å². The van der Waals surface area contributed by atoms with Crippen LogP contribution in [0, 0.1) is 11.6 Å². The van der Waals surface area contributed by atoms with Crippen molar-refractivity contribution in [3.63, 3.8) is 0 Å². The van der Waals surface area contributed by atoms with Crippen LogP contribution in [0.15, 0.2) is 183 Å². The average molecular weight is 767 g/mol. The lowest BCUT2D eigenvalue weighted by Crippen LogP contribution is -2.14. The number of thiophene rings is 1. The van der Waals surface area contributed by atoms with E-state index in [9.17, 15) is 0 Å². The lowest BCUT2D eigenvalue weighted by atomic mass is 10.1. The van der Waals surface area contributed by atoms with Crippen LogP contribution in [0.1, 0.15) is 0 Å². The molecule has 9 aromatic rings. The van der Waals surface area contributed by atoms with Crippen molar-refractivity contribution in [1.29, 1.82) is 0 Å². The molecule has 5 heterocycles. The fourth-order valence-corrected chi connectivity index (χ4v) is 8.42. The van der Waals surface area contributed by atoms with Crippen LogP contribution >= 0.6 is 11.3 Å². The number of anilines is 6. The molecule has 0 atom stereocenters. The van der Waals surface area contributed by atoms with Crippen LogP contribution in [0.4, 0.5) is 43.2 Å². The van der Waals surface area contributed by atoms with Gasteiger partial charge in [-0.1, -0.05) is 60.7 Å². The van der Waals surface area contributed by atoms with Crippen molar-refractivity contribution in [1.82, 2.24) is 19.1 Å². The summed E-state index contributed by atoms with van der Waals surface area (Å²) in [6.45, 7) is 0. The molecule has 0 amide bonds. The Hall–Kier alpha value is -7.10. The first-order valence-corrected chi connectivity index (χ1v) is 19.3. The van der Waals surface area contributed by atoms with Gasteiger partial charge in [0, 0.05) is 58.8 Å². The van der Waals surface area contributed by atoms with E-state index in [0.29, 0.717) is 32.3 Å². The van der Waals surface area contributed by atoms with Gasteiger partial charge in [-0.05, 0) is 108 Å². The number of rotatable bonds is 10. The number of aromatic nitrogens is 4. The quantitative estimate of drug-likeness (QED) is 0.139. The third-order valence-electron chi connectivity index (χ3n) is 10.2. The van der Waals surface area contributed by atoms with E-state index in [4.69, 9.17) is 0 Å². The lowest BCUT2D eigenvalue weighted by molar-refractivity contribution is 0.631. The molecule has 0 aliphatic rings. The molecule has 4 aromatic carbocycles. The maximum atomic E-state index is 16.3. The summed E-state index contributed by atoms with van der Waals surface area (Å²) in [6, 6.07) is 50.4. The molecular weight excluding hydrogens is 731 g/mol. The average Bonchev–Trinajstić information content (AvgIpc) is 3.99. The van der Waals surface area contributed by atoms with Gasteiger partial charge in [0.2, 0.25) is 0 Å². The zero-order chi connectivity index (χ0) is 38.9. The molecule has 0 radical (unpaired) electrons. The Balaban J connectivity index is 1.03. The maximum absolute atomic E-state index is 16.3. The summed E-state index contributed by atoms with van der Waals surface area (Å²) in [5, 5.41) is 0. The molecule has 0 bridgehead atoms. The molecule has 9 heteroatoms. The minimum Gasteiger partial charge on any atom is -0.330 e. The second-order valence-electron chi connectivity index (χ2n) is 13.6. The molecule has 0 spiro atoms. The summed E-state index contributed by atoms with van der Waals surface area (Å²) >= 11 is 1.35. The summed E-state index contributed by atoms with van der Waals surface area (Å²) < 4.78 is 36.7. The largest absolute Gasteiger partial charge is 0.330 e. The third-order valence-corrected chi connectivity index (χ3v) is 11.3. The summed E-state index contributed by atoms with van der Waals surface area (Å²) in [5.41, 5.74) is 8.01. The monoisotopic (exact) mass is 766 g/mol. The van der Waals surface area contributed by atoms with E-state index in [2.05, 4.69) is 55.5 Å². The highest BCUT2D eigenvalue weighted by Gasteiger charge is 2.22. The van der Waals surface area contributed by atoms with Gasteiger partial charge in [-0.3, -0.25) is 19.8 Å². The molecular formula is C48H36F2N6S. The fraction of sp³-hybridized carbons (Fsp3) is 0.0417. The molecule has 0 saturated heterocycles. The second-order valence-corrected chi connectivity index (χ2v) is 14.7. The Labute approximate surface area is 333 Å². The zero-order valence-corrected chi connectivity index (χ0v) is 32.0. The summed E-state index contributed by atoms with van der Waals surface area (Å²) in [6.07, 6.45) is 6.98. The summed E-state index contributed by atoms with van der Waals surface area (Å²) in [7, 11) is 4.01. The normalized spacial score (nSPS) is 11.2. The van der Waals surface area contributed by atoms with Gasteiger partial charge in [0.1, 0.15) is 23.3 Å². The van der Waals surface area contributed by atoms with Crippen molar-refractivity contribution in [2.45, 2.75) is 0 Å². The van der Waals surface area contributed by atoms with Crippen LogP contribution in [0.2, 0.25) is 0 Å². The highest BCUT2D eigenvalue weighted by Crippen LogP contribution is 2.43. The molecule has 0 unspecified atom stereocenters. The first-order chi connectivity index (χ1) is 27.9. The van der Waals surface area contributed by atoms with Gasteiger partial charge in [-0.2, -0.15) is 0 Å². The van der Waals surface area contributed by atoms with Crippen LogP contribution < -0.4 is 9.80 Å². The smallest absolute Gasteiger partial charge is 0.133 e. The first-order valence-electron chi connectivity index (χ1n) is 18.5. The number of benzene rings is 4. The van der Waals surface area contributed by atoms with E-state index in [-0.39, 0.29) is 11.6 Å². The zero-order valence-electron chi connectivity index (χ0n) is 31.2. The first kappa shape index (κ1) is 35.6. The number of halogens is 2. The van der Waals surface area contributed by atoms with Gasteiger partial charge in [-0.15, -0.1) is 11.3 Å². The Kier molecular flexibility index (Phi) is 9.49. The predicted octanol–water partition coefficient (Wildman–Crippen LogP) is 13.1. The molecule has 5 aromatic heterocycles. The molecule has 6 nitrogen and oxygen atoms in total. The molecule has 0 saturated carbocycles. The van der Waals surface area contributed by atoms with Crippen molar-refractivity contribution in [3.05, 3.63) is 194 Å². The van der Waals surface area contributed by atoms with E-state index in [0.717, 1.165) is 45.5 Å². The summed E-state index contributed by atoms with van der Waals surface area (Å²) in [5.74, 6) is 0.953. The summed E-state index contributed by atoms with van der Waals surface area (Å²) in [4.78, 5) is 14.1. The highest BCUT2D eigenvalue weighted by atomic mass is 32.1. The number of hydrogen-bond donors (Lipinski definition) is 0. The van der Waals surface area contributed by atoms with Crippen molar-refractivity contribution in [2.24, 2.45) is 14.1 Å². The van der Waals surface area contributed by atoms with Crippen LogP contribution in [-0.2, 0) is 14.1 Å². The van der Waals surface area contributed by atoms with Crippen molar-refractivity contribution >= 4 is 45.7 Å². The van der Waals surface area contributed by atoms with Crippen LogP contribution in [0.3, 0.4) is 0 Å². The van der Waals surface area contributed by atoms with Crippen LogP contribution in [0.25, 0.3) is 43.4 Å². The minimum atomic E-state index is -0.382.